The minimum absolute atomic E-state index is 0.0741. The molecular weight excluding hydrogens is 316 g/mol. The van der Waals surface area contributed by atoms with Gasteiger partial charge in [-0.25, -0.2) is 13.4 Å². The van der Waals surface area contributed by atoms with Crippen LogP contribution in [0, 0.1) is 0 Å². The summed E-state index contributed by atoms with van der Waals surface area (Å²) in [5.41, 5.74) is 0.553. The standard InChI is InChI=1S/C15H24N4O3S/c1-3-6-18(2)7-4-5-13-12-16-15(20)14(17-13)19-8-10-23(21,22)11-9-19/h3,12H,1,4-11H2,2H3,(H,16,20). The van der Waals surface area contributed by atoms with Crippen molar-refractivity contribution < 1.29 is 8.42 Å². The average Bonchev–Trinajstić information content (AvgIpc) is 2.49. The van der Waals surface area contributed by atoms with Crippen molar-refractivity contribution in [2.45, 2.75) is 12.8 Å². The van der Waals surface area contributed by atoms with Gasteiger partial charge in [0.05, 0.1) is 17.2 Å². The van der Waals surface area contributed by atoms with E-state index in [0.717, 1.165) is 31.6 Å². The number of nitrogens with one attached hydrogen (secondary N) is 1. The second-order valence-electron chi connectivity index (χ2n) is 5.84. The Morgan fingerprint density at radius 2 is 2.13 bits per heavy atom. The van der Waals surface area contributed by atoms with E-state index in [2.05, 4.69) is 21.4 Å². The third-order valence-corrected chi connectivity index (χ3v) is 5.49. The molecule has 1 saturated heterocycles. The number of rotatable bonds is 7. The van der Waals surface area contributed by atoms with Gasteiger partial charge in [-0.2, -0.15) is 0 Å². The first-order chi connectivity index (χ1) is 10.9. The Balaban J connectivity index is 1.99. The molecule has 2 rings (SSSR count). The molecule has 0 unspecified atom stereocenters. The van der Waals surface area contributed by atoms with E-state index in [1.165, 1.54) is 0 Å². The van der Waals surface area contributed by atoms with Crippen LogP contribution in [-0.2, 0) is 16.3 Å². The van der Waals surface area contributed by atoms with E-state index in [1.807, 2.05) is 13.1 Å². The molecule has 0 aromatic carbocycles. The first-order valence-corrected chi connectivity index (χ1v) is 9.57. The number of hydrogen-bond acceptors (Lipinski definition) is 6. The number of likely N-dealkylation sites (N-methyl/N-ethyl adjacent to an activating group) is 1. The highest BCUT2D eigenvalue weighted by Gasteiger charge is 2.24. The number of aromatic nitrogens is 2. The zero-order valence-electron chi connectivity index (χ0n) is 13.5. The molecule has 0 bridgehead atoms. The summed E-state index contributed by atoms with van der Waals surface area (Å²) in [7, 11) is -0.942. The number of anilines is 1. The van der Waals surface area contributed by atoms with Gasteiger partial charge in [0, 0.05) is 25.8 Å². The number of sulfone groups is 1. The van der Waals surface area contributed by atoms with E-state index >= 15 is 0 Å². The van der Waals surface area contributed by atoms with Crippen molar-refractivity contribution in [3.63, 3.8) is 0 Å². The van der Waals surface area contributed by atoms with Crippen molar-refractivity contribution in [2.24, 2.45) is 0 Å². The fourth-order valence-electron chi connectivity index (χ4n) is 2.54. The minimum atomic E-state index is -2.97. The van der Waals surface area contributed by atoms with Crippen molar-refractivity contribution in [1.29, 1.82) is 0 Å². The molecular formula is C15H24N4O3S. The molecule has 2 heterocycles. The molecule has 1 fully saturated rings. The van der Waals surface area contributed by atoms with E-state index in [4.69, 9.17) is 0 Å². The SMILES string of the molecule is C=CCN(C)CCCc1c[nH]c(=O)c(N2CCS(=O)(=O)CC2)n1. The molecule has 1 aliphatic rings. The second-order valence-corrected chi connectivity index (χ2v) is 8.14. The Hall–Kier alpha value is -1.67. The smallest absolute Gasteiger partial charge is 0.290 e. The number of aryl methyl sites for hydroxylation is 1. The van der Waals surface area contributed by atoms with Gasteiger partial charge < -0.3 is 14.8 Å². The Morgan fingerprint density at radius 1 is 1.43 bits per heavy atom. The molecule has 0 amide bonds. The van der Waals surface area contributed by atoms with Gasteiger partial charge >= 0.3 is 0 Å². The average molecular weight is 340 g/mol. The van der Waals surface area contributed by atoms with Crippen LogP contribution in [0.2, 0.25) is 0 Å². The van der Waals surface area contributed by atoms with Crippen LogP contribution in [0.25, 0.3) is 0 Å². The molecule has 0 radical (unpaired) electrons. The fourth-order valence-corrected chi connectivity index (χ4v) is 3.74. The van der Waals surface area contributed by atoms with Gasteiger partial charge in [-0.05, 0) is 26.4 Å². The summed E-state index contributed by atoms with van der Waals surface area (Å²) in [6, 6.07) is 0. The van der Waals surface area contributed by atoms with Crippen molar-refractivity contribution in [1.82, 2.24) is 14.9 Å². The van der Waals surface area contributed by atoms with E-state index in [0.29, 0.717) is 18.9 Å². The van der Waals surface area contributed by atoms with Gasteiger partial charge in [0.2, 0.25) is 0 Å². The largest absolute Gasteiger partial charge is 0.350 e. The highest BCUT2D eigenvalue weighted by atomic mass is 32.2. The summed E-state index contributed by atoms with van der Waals surface area (Å²) in [5, 5.41) is 0. The first kappa shape index (κ1) is 17.7. The molecule has 1 aromatic rings. The second kappa shape index (κ2) is 7.74. The lowest BCUT2D eigenvalue weighted by molar-refractivity contribution is 0.363. The van der Waals surface area contributed by atoms with Gasteiger partial charge in [-0.3, -0.25) is 4.79 Å². The highest BCUT2D eigenvalue weighted by Crippen LogP contribution is 2.11. The molecule has 7 nitrogen and oxygen atoms in total. The van der Waals surface area contributed by atoms with Crippen LogP contribution in [0.1, 0.15) is 12.1 Å². The predicted molar refractivity (Wildman–Crippen MR) is 91.7 cm³/mol. The molecule has 1 aromatic heterocycles. The number of H-pyrrole nitrogens is 1. The maximum Gasteiger partial charge on any atom is 0.290 e. The molecule has 0 aliphatic carbocycles. The Bertz CT molecular complexity index is 685. The van der Waals surface area contributed by atoms with Gasteiger partial charge in [0.25, 0.3) is 5.56 Å². The molecule has 23 heavy (non-hydrogen) atoms. The quantitative estimate of drug-likeness (QED) is 0.706. The third kappa shape index (κ3) is 5.18. The molecule has 8 heteroatoms. The summed E-state index contributed by atoms with van der Waals surface area (Å²) >= 11 is 0. The topological polar surface area (TPSA) is 86.4 Å². The summed E-state index contributed by atoms with van der Waals surface area (Å²) < 4.78 is 23.0. The van der Waals surface area contributed by atoms with Crippen molar-refractivity contribution in [2.75, 3.05) is 49.6 Å². The Labute approximate surface area is 136 Å². The fraction of sp³-hybridized carbons (Fsp3) is 0.600. The lowest BCUT2D eigenvalue weighted by atomic mass is 10.2. The van der Waals surface area contributed by atoms with Crippen molar-refractivity contribution >= 4 is 15.7 Å². The van der Waals surface area contributed by atoms with E-state index in [9.17, 15) is 13.2 Å². The van der Waals surface area contributed by atoms with Gasteiger partial charge in [0.15, 0.2) is 15.7 Å². The van der Waals surface area contributed by atoms with Crippen LogP contribution in [-0.4, -0.2) is 68.0 Å². The molecule has 0 atom stereocenters. The normalized spacial score (nSPS) is 17.4. The highest BCUT2D eigenvalue weighted by molar-refractivity contribution is 7.91. The molecule has 0 saturated carbocycles. The minimum Gasteiger partial charge on any atom is -0.350 e. The summed E-state index contributed by atoms with van der Waals surface area (Å²) in [6.45, 7) is 6.12. The Morgan fingerprint density at radius 3 is 2.78 bits per heavy atom. The zero-order valence-corrected chi connectivity index (χ0v) is 14.3. The van der Waals surface area contributed by atoms with Crippen molar-refractivity contribution in [3.05, 3.63) is 34.9 Å². The maximum absolute atomic E-state index is 12.0. The Kier molecular flexibility index (Phi) is 5.95. The lowest BCUT2D eigenvalue weighted by Crippen LogP contribution is -2.43. The van der Waals surface area contributed by atoms with Crippen LogP contribution < -0.4 is 10.5 Å². The van der Waals surface area contributed by atoms with Gasteiger partial charge in [-0.1, -0.05) is 6.08 Å². The van der Waals surface area contributed by atoms with E-state index < -0.39 is 9.84 Å². The molecule has 1 aliphatic heterocycles. The van der Waals surface area contributed by atoms with E-state index in [1.54, 1.807) is 11.1 Å². The van der Waals surface area contributed by atoms with Gasteiger partial charge in [0.1, 0.15) is 0 Å². The van der Waals surface area contributed by atoms with Crippen LogP contribution >= 0.6 is 0 Å². The number of aromatic amines is 1. The van der Waals surface area contributed by atoms with Crippen LogP contribution in [0.4, 0.5) is 5.82 Å². The summed E-state index contributed by atoms with van der Waals surface area (Å²) in [4.78, 5) is 23.0. The lowest BCUT2D eigenvalue weighted by Gasteiger charge is -2.27. The van der Waals surface area contributed by atoms with Crippen LogP contribution in [0.3, 0.4) is 0 Å². The summed E-state index contributed by atoms with van der Waals surface area (Å²) in [5.74, 6) is 0.479. The van der Waals surface area contributed by atoms with E-state index in [-0.39, 0.29) is 17.1 Å². The van der Waals surface area contributed by atoms with Gasteiger partial charge in [-0.15, -0.1) is 6.58 Å². The monoisotopic (exact) mass is 340 g/mol. The maximum atomic E-state index is 12.0. The number of nitrogens with zero attached hydrogens (tertiary/aromatic N) is 3. The number of hydrogen-bond donors (Lipinski definition) is 1. The molecule has 1 N–H and O–H groups in total. The first-order valence-electron chi connectivity index (χ1n) is 7.75. The molecule has 128 valence electrons. The van der Waals surface area contributed by atoms with Crippen LogP contribution in [0.15, 0.2) is 23.6 Å². The third-order valence-electron chi connectivity index (χ3n) is 3.88. The summed E-state index contributed by atoms with van der Waals surface area (Å²) in [6.07, 6.45) is 5.19. The van der Waals surface area contributed by atoms with Crippen LogP contribution in [0.5, 0.6) is 0 Å². The molecule has 0 spiro atoms. The van der Waals surface area contributed by atoms with Crippen molar-refractivity contribution in [3.8, 4) is 0 Å². The predicted octanol–water partition coefficient (Wildman–Crippen LogP) is 0.0551. The zero-order chi connectivity index (χ0) is 16.9.